The van der Waals surface area contributed by atoms with E-state index < -0.39 is 12.1 Å². The van der Waals surface area contributed by atoms with Crippen LogP contribution in [0, 0.1) is 5.82 Å². The van der Waals surface area contributed by atoms with Crippen LogP contribution in [0.15, 0.2) is 72.8 Å². The van der Waals surface area contributed by atoms with Gasteiger partial charge >= 0.3 is 12.0 Å². The van der Waals surface area contributed by atoms with Gasteiger partial charge in [0.25, 0.3) is 0 Å². The average Bonchev–Trinajstić information content (AvgIpc) is 2.99. The molecule has 3 rings (SSSR count). The summed E-state index contributed by atoms with van der Waals surface area (Å²) in [5, 5.41) is 12.2. The summed E-state index contributed by atoms with van der Waals surface area (Å²) >= 11 is 0. The predicted molar refractivity (Wildman–Crippen MR) is 158 cm³/mol. The Labute approximate surface area is 246 Å². The predicted octanol–water partition coefficient (Wildman–Crippen LogP) is 5.78. The van der Waals surface area contributed by atoms with Crippen LogP contribution in [-0.4, -0.2) is 68.1 Å². The number of amides is 2. The van der Waals surface area contributed by atoms with Gasteiger partial charge in [-0.25, -0.2) is 14.0 Å². The Morgan fingerprint density at radius 3 is 2.36 bits per heavy atom. The first-order valence-corrected chi connectivity index (χ1v) is 14.0. The highest BCUT2D eigenvalue weighted by Gasteiger charge is 2.18. The smallest absolute Gasteiger partial charge is 0.333 e. The van der Waals surface area contributed by atoms with E-state index in [2.05, 4.69) is 5.32 Å². The van der Waals surface area contributed by atoms with Crippen LogP contribution in [0.4, 0.5) is 14.9 Å². The quantitative estimate of drug-likeness (QED) is 0.183. The van der Waals surface area contributed by atoms with Gasteiger partial charge in [-0.2, -0.15) is 0 Å². The number of anilines is 1. The molecule has 0 saturated carbocycles. The summed E-state index contributed by atoms with van der Waals surface area (Å²) in [4.78, 5) is 26.2. The lowest BCUT2D eigenvalue weighted by Gasteiger charge is -2.23. The van der Waals surface area contributed by atoms with E-state index in [-0.39, 0.29) is 24.9 Å². The molecule has 1 atom stereocenters. The lowest BCUT2D eigenvalue weighted by molar-refractivity contribution is -0.149. The number of urea groups is 1. The molecule has 3 aromatic rings. The summed E-state index contributed by atoms with van der Waals surface area (Å²) < 4.78 is 35.2. The minimum absolute atomic E-state index is 0.259. The molecule has 0 saturated heterocycles. The molecule has 9 nitrogen and oxygen atoms in total. The fourth-order valence-corrected chi connectivity index (χ4v) is 4.12. The first kappa shape index (κ1) is 32.4. The fraction of sp³-hybridized carbons (Fsp3) is 0.375. The van der Waals surface area contributed by atoms with Crippen LogP contribution in [0.1, 0.15) is 30.9 Å². The van der Waals surface area contributed by atoms with Crippen molar-refractivity contribution in [3.63, 3.8) is 0 Å². The highest BCUT2D eigenvalue weighted by molar-refractivity contribution is 5.89. The van der Waals surface area contributed by atoms with Gasteiger partial charge < -0.3 is 34.3 Å². The lowest BCUT2D eigenvalue weighted by Crippen LogP contribution is -2.38. The van der Waals surface area contributed by atoms with Gasteiger partial charge in [0, 0.05) is 37.9 Å². The molecular weight excluding hydrogens is 543 g/mol. The van der Waals surface area contributed by atoms with Gasteiger partial charge in [0.05, 0.1) is 20.3 Å². The van der Waals surface area contributed by atoms with Crippen LogP contribution in [0.5, 0.6) is 11.5 Å². The van der Waals surface area contributed by atoms with Crippen LogP contribution >= 0.6 is 0 Å². The van der Waals surface area contributed by atoms with E-state index in [1.54, 1.807) is 67.5 Å². The number of ether oxygens (including phenoxy) is 4. The lowest BCUT2D eigenvalue weighted by atomic mass is 10.1. The molecule has 0 spiro atoms. The van der Waals surface area contributed by atoms with Crippen molar-refractivity contribution in [2.45, 2.75) is 38.9 Å². The third-order valence-corrected chi connectivity index (χ3v) is 6.37. The number of hydrogen-bond acceptors (Lipinski definition) is 6. The van der Waals surface area contributed by atoms with Gasteiger partial charge in [-0.3, -0.25) is 0 Å². The van der Waals surface area contributed by atoms with Crippen LogP contribution < -0.4 is 14.8 Å². The van der Waals surface area contributed by atoms with Crippen LogP contribution in [0.3, 0.4) is 0 Å². The van der Waals surface area contributed by atoms with Crippen molar-refractivity contribution in [3.8, 4) is 11.5 Å². The van der Waals surface area contributed by atoms with Crippen molar-refractivity contribution in [2.24, 2.45) is 0 Å². The Hall–Kier alpha value is -4.15. The molecule has 0 aliphatic carbocycles. The van der Waals surface area contributed by atoms with Crippen LogP contribution in [-0.2, 0) is 27.3 Å². The molecule has 0 aliphatic rings. The molecule has 10 heteroatoms. The molecule has 1 unspecified atom stereocenters. The van der Waals surface area contributed by atoms with Gasteiger partial charge in [-0.15, -0.1) is 0 Å². The highest BCUT2D eigenvalue weighted by atomic mass is 19.1. The molecule has 2 N–H and O–H groups in total. The summed E-state index contributed by atoms with van der Waals surface area (Å²) in [5.41, 5.74) is 2.34. The zero-order chi connectivity index (χ0) is 30.2. The Morgan fingerprint density at radius 2 is 1.67 bits per heavy atom. The maximum atomic E-state index is 13.1. The number of carbonyl (C=O) groups excluding carboxylic acids is 1. The number of carbonyl (C=O) groups is 2. The number of benzene rings is 3. The van der Waals surface area contributed by atoms with Crippen molar-refractivity contribution in [3.05, 3.63) is 89.7 Å². The summed E-state index contributed by atoms with van der Waals surface area (Å²) in [5.74, 6) is -0.0212. The second-order valence-electron chi connectivity index (χ2n) is 9.51. The summed E-state index contributed by atoms with van der Waals surface area (Å²) in [6, 6.07) is 20.3. The van der Waals surface area contributed by atoms with Crippen molar-refractivity contribution >= 4 is 17.7 Å². The summed E-state index contributed by atoms with van der Waals surface area (Å²) in [6.07, 6.45) is 0.821. The molecule has 0 aromatic heterocycles. The van der Waals surface area contributed by atoms with E-state index in [1.165, 1.54) is 12.1 Å². The largest absolute Gasteiger partial charge is 0.497 e. The Morgan fingerprint density at radius 1 is 0.929 bits per heavy atom. The Kier molecular flexibility index (Phi) is 13.6. The third kappa shape index (κ3) is 11.4. The standard InChI is InChI=1S/C32H39FN2O7/c1-3-41-30(31(36)37)21-24-11-15-28(16-12-24)42-20-18-35(32(38)34-27-7-6-8-29(22-27)39-2)17-4-5-19-40-23-25-9-13-26(33)14-10-25/h6-16,22,30H,3-5,17-21,23H2,1-2H3,(H,34,38)(H,36,37). The van der Waals surface area contributed by atoms with E-state index in [0.29, 0.717) is 56.5 Å². The maximum Gasteiger partial charge on any atom is 0.333 e. The number of carboxylic acids is 1. The molecule has 0 aliphatic heterocycles. The van der Waals surface area contributed by atoms with E-state index in [9.17, 15) is 19.1 Å². The minimum atomic E-state index is -0.996. The second-order valence-corrected chi connectivity index (χ2v) is 9.51. The third-order valence-electron chi connectivity index (χ3n) is 6.37. The number of nitrogens with zero attached hydrogens (tertiary/aromatic N) is 1. The van der Waals surface area contributed by atoms with Gasteiger partial charge in [-0.05, 0) is 67.3 Å². The van der Waals surface area contributed by atoms with E-state index >= 15 is 0 Å². The Bertz CT molecular complexity index is 1240. The molecule has 0 radical (unpaired) electrons. The minimum Gasteiger partial charge on any atom is -0.497 e. The van der Waals surface area contributed by atoms with Crippen molar-refractivity contribution in [1.29, 1.82) is 0 Å². The molecule has 42 heavy (non-hydrogen) atoms. The topological polar surface area (TPSA) is 107 Å². The SMILES string of the molecule is CCOC(Cc1ccc(OCCN(CCCCOCc2ccc(F)cc2)C(=O)Nc2cccc(OC)c2)cc1)C(=O)O. The summed E-state index contributed by atoms with van der Waals surface area (Å²) in [7, 11) is 1.57. The normalized spacial score (nSPS) is 11.5. The zero-order valence-electron chi connectivity index (χ0n) is 24.1. The summed E-state index contributed by atoms with van der Waals surface area (Å²) in [6.45, 7) is 4.10. The number of carboxylic acid groups (broad SMARTS) is 1. The second kappa shape index (κ2) is 17.6. The Balaban J connectivity index is 1.50. The van der Waals surface area contributed by atoms with Gasteiger partial charge in [0.1, 0.15) is 23.9 Å². The maximum absolute atomic E-state index is 13.1. The number of unbranched alkanes of at least 4 members (excludes halogenated alkanes) is 1. The monoisotopic (exact) mass is 582 g/mol. The van der Waals surface area contributed by atoms with E-state index in [4.69, 9.17) is 18.9 Å². The van der Waals surface area contributed by atoms with Crippen molar-refractivity contribution < 1.29 is 38.0 Å². The molecule has 0 heterocycles. The van der Waals surface area contributed by atoms with E-state index in [0.717, 1.165) is 17.5 Å². The molecule has 0 bridgehead atoms. The number of hydrogen-bond donors (Lipinski definition) is 2. The molecule has 3 aromatic carbocycles. The van der Waals surface area contributed by atoms with E-state index in [1.807, 2.05) is 12.1 Å². The first-order chi connectivity index (χ1) is 20.4. The fourth-order valence-electron chi connectivity index (χ4n) is 4.12. The van der Waals surface area contributed by atoms with Gasteiger partial charge in [0.2, 0.25) is 0 Å². The first-order valence-electron chi connectivity index (χ1n) is 14.0. The number of aliphatic carboxylic acids is 1. The molecular formula is C32H39FN2O7. The highest BCUT2D eigenvalue weighted by Crippen LogP contribution is 2.18. The van der Waals surface area contributed by atoms with Crippen LogP contribution in [0.25, 0.3) is 0 Å². The van der Waals surface area contributed by atoms with Gasteiger partial charge in [0.15, 0.2) is 6.10 Å². The zero-order valence-corrected chi connectivity index (χ0v) is 24.1. The molecule has 226 valence electrons. The number of nitrogens with one attached hydrogen (secondary N) is 1. The molecule has 0 fully saturated rings. The average molecular weight is 583 g/mol. The number of methoxy groups -OCH3 is 1. The van der Waals surface area contributed by atoms with Crippen molar-refractivity contribution in [1.82, 2.24) is 4.90 Å². The van der Waals surface area contributed by atoms with Crippen LogP contribution in [0.2, 0.25) is 0 Å². The van der Waals surface area contributed by atoms with Crippen molar-refractivity contribution in [2.75, 3.05) is 45.3 Å². The molecule has 2 amide bonds. The number of halogens is 1. The number of rotatable bonds is 18. The van der Waals surface area contributed by atoms with Gasteiger partial charge in [-0.1, -0.05) is 30.3 Å².